The molecule has 28 heavy (non-hydrogen) atoms. The number of benzene rings is 2. The highest BCUT2D eigenvalue weighted by molar-refractivity contribution is 6.30. The second-order valence-corrected chi connectivity index (χ2v) is 6.49. The Bertz CT molecular complexity index is 826. The molecule has 2 amide bonds. The van der Waals surface area contributed by atoms with Crippen LogP contribution in [0.1, 0.15) is 42.7 Å². The summed E-state index contributed by atoms with van der Waals surface area (Å²) in [4.78, 5) is 24.3. The Kier molecular flexibility index (Phi) is 8.14. The van der Waals surface area contributed by atoms with E-state index in [-0.39, 0.29) is 24.4 Å². The van der Waals surface area contributed by atoms with Gasteiger partial charge in [0.1, 0.15) is 0 Å². The molecule has 7 heteroatoms. The fraction of sp³-hybridized carbons (Fsp3) is 0.333. The van der Waals surface area contributed by atoms with E-state index in [0.717, 1.165) is 5.56 Å². The van der Waals surface area contributed by atoms with Crippen LogP contribution in [0.2, 0.25) is 5.02 Å². The highest BCUT2D eigenvalue weighted by atomic mass is 35.5. The molecule has 2 aromatic rings. The first-order valence-corrected chi connectivity index (χ1v) is 9.55. The van der Waals surface area contributed by atoms with Gasteiger partial charge in [0, 0.05) is 10.6 Å². The summed E-state index contributed by atoms with van der Waals surface area (Å²) in [6, 6.07) is 11.8. The molecule has 0 bridgehead atoms. The van der Waals surface area contributed by atoms with Crippen molar-refractivity contribution in [3.8, 4) is 11.5 Å². The molecule has 0 unspecified atom stereocenters. The average Bonchev–Trinajstić information content (AvgIpc) is 2.67. The predicted octanol–water partition coefficient (Wildman–Crippen LogP) is 3.74. The van der Waals surface area contributed by atoms with E-state index in [2.05, 4.69) is 10.6 Å². The third-order valence-electron chi connectivity index (χ3n) is 3.94. The molecule has 0 saturated heterocycles. The van der Waals surface area contributed by atoms with Gasteiger partial charge in [0.05, 0.1) is 25.8 Å². The smallest absolute Gasteiger partial charge is 0.251 e. The van der Waals surface area contributed by atoms with Crippen molar-refractivity contribution in [3.63, 3.8) is 0 Å². The van der Waals surface area contributed by atoms with Gasteiger partial charge in [-0.05, 0) is 56.7 Å². The lowest BCUT2D eigenvalue weighted by molar-refractivity contribution is -0.120. The highest BCUT2D eigenvalue weighted by Crippen LogP contribution is 2.30. The van der Waals surface area contributed by atoms with Gasteiger partial charge >= 0.3 is 0 Å². The van der Waals surface area contributed by atoms with Crippen molar-refractivity contribution < 1.29 is 19.1 Å². The second-order valence-electron chi connectivity index (χ2n) is 6.05. The van der Waals surface area contributed by atoms with Crippen molar-refractivity contribution in [3.05, 3.63) is 58.6 Å². The molecular formula is C21H25ClN2O4. The minimum absolute atomic E-state index is 0.134. The molecule has 6 nitrogen and oxygen atoms in total. The van der Waals surface area contributed by atoms with E-state index >= 15 is 0 Å². The number of carbonyl (C=O) groups is 2. The van der Waals surface area contributed by atoms with E-state index in [1.165, 1.54) is 0 Å². The summed E-state index contributed by atoms with van der Waals surface area (Å²) in [5.74, 6) is 0.650. The van der Waals surface area contributed by atoms with Crippen LogP contribution in [-0.4, -0.2) is 31.6 Å². The lowest BCUT2D eigenvalue weighted by Crippen LogP contribution is -2.38. The van der Waals surface area contributed by atoms with Crippen molar-refractivity contribution in [1.82, 2.24) is 10.6 Å². The van der Waals surface area contributed by atoms with Gasteiger partial charge in [-0.15, -0.1) is 0 Å². The van der Waals surface area contributed by atoms with Gasteiger partial charge in [-0.3, -0.25) is 9.59 Å². The number of hydrogen-bond acceptors (Lipinski definition) is 4. The number of rotatable bonds is 9. The number of amides is 2. The molecular weight excluding hydrogens is 380 g/mol. The van der Waals surface area contributed by atoms with E-state index in [0.29, 0.717) is 35.3 Å². The summed E-state index contributed by atoms with van der Waals surface area (Å²) in [6.07, 6.45) is 0. The lowest BCUT2D eigenvalue weighted by atomic mass is 10.1. The van der Waals surface area contributed by atoms with Crippen LogP contribution in [0.15, 0.2) is 42.5 Å². The van der Waals surface area contributed by atoms with Gasteiger partial charge in [-0.25, -0.2) is 0 Å². The van der Waals surface area contributed by atoms with E-state index in [1.54, 1.807) is 24.3 Å². The second kappa shape index (κ2) is 10.6. The van der Waals surface area contributed by atoms with Gasteiger partial charge in [-0.2, -0.15) is 0 Å². The quantitative estimate of drug-likeness (QED) is 0.667. The maximum absolute atomic E-state index is 12.2. The van der Waals surface area contributed by atoms with Gasteiger partial charge in [-0.1, -0.05) is 23.7 Å². The van der Waals surface area contributed by atoms with Crippen molar-refractivity contribution in [2.45, 2.75) is 26.8 Å². The van der Waals surface area contributed by atoms with Crippen LogP contribution < -0.4 is 20.1 Å². The number of halogens is 1. The molecule has 0 fully saturated rings. The zero-order valence-electron chi connectivity index (χ0n) is 16.3. The normalized spacial score (nSPS) is 11.4. The summed E-state index contributed by atoms with van der Waals surface area (Å²) >= 11 is 5.88. The first-order valence-electron chi connectivity index (χ1n) is 9.17. The fourth-order valence-corrected chi connectivity index (χ4v) is 2.80. The van der Waals surface area contributed by atoms with Crippen LogP contribution in [0.3, 0.4) is 0 Å². The van der Waals surface area contributed by atoms with Crippen molar-refractivity contribution in [1.29, 1.82) is 0 Å². The third-order valence-corrected chi connectivity index (χ3v) is 4.18. The van der Waals surface area contributed by atoms with Gasteiger partial charge in [0.2, 0.25) is 5.91 Å². The molecule has 0 aliphatic heterocycles. The van der Waals surface area contributed by atoms with Gasteiger partial charge < -0.3 is 20.1 Å². The van der Waals surface area contributed by atoms with Crippen LogP contribution in [0, 0.1) is 0 Å². The van der Waals surface area contributed by atoms with E-state index in [4.69, 9.17) is 21.1 Å². The SMILES string of the molecule is CCOc1ccc([C@H](C)NC(=O)CNC(=O)c2cccc(Cl)c2)cc1OCC. The fourth-order valence-electron chi connectivity index (χ4n) is 2.61. The highest BCUT2D eigenvalue weighted by Gasteiger charge is 2.14. The molecule has 0 saturated carbocycles. The minimum atomic E-state index is -0.356. The molecule has 1 atom stereocenters. The molecule has 150 valence electrons. The van der Waals surface area contributed by atoms with Crippen molar-refractivity contribution in [2.24, 2.45) is 0 Å². The molecule has 0 heterocycles. The number of carbonyl (C=O) groups excluding carboxylic acids is 2. The molecule has 2 aromatic carbocycles. The van der Waals surface area contributed by atoms with Crippen LogP contribution in [-0.2, 0) is 4.79 Å². The minimum Gasteiger partial charge on any atom is -0.490 e. The Morgan fingerprint density at radius 2 is 1.75 bits per heavy atom. The van der Waals surface area contributed by atoms with Gasteiger partial charge in [0.25, 0.3) is 5.91 Å². The summed E-state index contributed by atoms with van der Waals surface area (Å²) < 4.78 is 11.2. The molecule has 0 aromatic heterocycles. The Labute approximate surface area is 170 Å². The van der Waals surface area contributed by atoms with Crippen molar-refractivity contribution >= 4 is 23.4 Å². The van der Waals surface area contributed by atoms with Crippen LogP contribution in [0.5, 0.6) is 11.5 Å². The average molecular weight is 405 g/mol. The monoisotopic (exact) mass is 404 g/mol. The Morgan fingerprint density at radius 1 is 1.04 bits per heavy atom. The molecule has 2 N–H and O–H groups in total. The van der Waals surface area contributed by atoms with Crippen LogP contribution in [0.25, 0.3) is 0 Å². The lowest BCUT2D eigenvalue weighted by Gasteiger charge is -2.17. The zero-order chi connectivity index (χ0) is 20.5. The maximum Gasteiger partial charge on any atom is 0.251 e. The Balaban J connectivity index is 1.94. The Morgan fingerprint density at radius 3 is 2.43 bits per heavy atom. The molecule has 2 rings (SSSR count). The largest absolute Gasteiger partial charge is 0.490 e. The van der Waals surface area contributed by atoms with E-state index < -0.39 is 0 Å². The first-order chi connectivity index (χ1) is 13.4. The standard InChI is InChI=1S/C21H25ClN2O4/c1-4-27-18-10-9-15(12-19(18)28-5-2)14(3)24-20(25)13-23-21(26)16-7-6-8-17(22)11-16/h6-12,14H,4-5,13H2,1-3H3,(H,23,26)(H,24,25)/t14-/m0/s1. The maximum atomic E-state index is 12.2. The van der Waals surface area contributed by atoms with Crippen LogP contribution in [0.4, 0.5) is 0 Å². The van der Waals surface area contributed by atoms with Crippen molar-refractivity contribution in [2.75, 3.05) is 19.8 Å². The van der Waals surface area contributed by atoms with E-state index in [9.17, 15) is 9.59 Å². The summed E-state index contributed by atoms with van der Waals surface area (Å²) in [5, 5.41) is 5.91. The summed E-state index contributed by atoms with van der Waals surface area (Å²) in [6.45, 7) is 6.59. The first kappa shape index (κ1) is 21.6. The predicted molar refractivity (Wildman–Crippen MR) is 109 cm³/mol. The molecule has 0 aliphatic rings. The topological polar surface area (TPSA) is 76.7 Å². The molecule has 0 aliphatic carbocycles. The summed E-state index contributed by atoms with van der Waals surface area (Å²) in [5.41, 5.74) is 1.28. The van der Waals surface area contributed by atoms with E-state index in [1.807, 2.05) is 39.0 Å². The molecule has 0 spiro atoms. The third kappa shape index (κ3) is 6.16. The zero-order valence-corrected chi connectivity index (χ0v) is 17.0. The van der Waals surface area contributed by atoms with Crippen LogP contribution >= 0.6 is 11.6 Å². The molecule has 0 radical (unpaired) electrons. The number of hydrogen-bond donors (Lipinski definition) is 2. The number of ether oxygens (including phenoxy) is 2. The Hall–Kier alpha value is -2.73. The summed E-state index contributed by atoms with van der Waals surface area (Å²) in [7, 11) is 0. The van der Waals surface area contributed by atoms with Gasteiger partial charge in [0.15, 0.2) is 11.5 Å². The number of nitrogens with one attached hydrogen (secondary N) is 2.